The van der Waals surface area contributed by atoms with E-state index in [0.29, 0.717) is 22.9 Å². The number of benzene rings is 1. The highest BCUT2D eigenvalue weighted by Gasteiger charge is 2.42. The predicted octanol–water partition coefficient (Wildman–Crippen LogP) is 2.65. The molecule has 18 heavy (non-hydrogen) atoms. The van der Waals surface area contributed by atoms with E-state index in [-0.39, 0.29) is 11.2 Å². The minimum Gasteiger partial charge on any atom is -0.349 e. The Morgan fingerprint density at radius 1 is 1.56 bits per heavy atom. The molecule has 1 aromatic heterocycles. The van der Waals surface area contributed by atoms with Crippen molar-refractivity contribution in [2.45, 2.75) is 18.4 Å². The Morgan fingerprint density at radius 2 is 2.33 bits per heavy atom. The van der Waals surface area contributed by atoms with Crippen LogP contribution < -0.4 is 5.32 Å². The van der Waals surface area contributed by atoms with Gasteiger partial charge in [0.15, 0.2) is 0 Å². The molecule has 0 atom stereocenters. The molecule has 0 unspecified atom stereocenters. The maximum Gasteiger partial charge on any atom is 0.271 e. The first-order chi connectivity index (χ1) is 8.62. The van der Waals surface area contributed by atoms with Crippen molar-refractivity contribution in [2.24, 2.45) is 0 Å². The van der Waals surface area contributed by atoms with Crippen molar-refractivity contribution in [2.75, 3.05) is 11.2 Å². The number of nitrogens with one attached hydrogen (secondary N) is 2. The molecule has 7 heteroatoms. The van der Waals surface area contributed by atoms with Gasteiger partial charge in [0.25, 0.3) is 5.69 Å². The summed E-state index contributed by atoms with van der Waals surface area (Å²) in [7, 11) is 0. The number of halogens is 1. The summed E-state index contributed by atoms with van der Waals surface area (Å²) in [6.07, 6.45) is 2.04. The number of imidazole rings is 1. The summed E-state index contributed by atoms with van der Waals surface area (Å²) in [4.78, 5) is 17.6. The average molecular weight is 267 g/mol. The second-order valence-electron chi connectivity index (χ2n) is 4.58. The molecule has 0 bridgehead atoms. The third kappa shape index (κ3) is 1.88. The summed E-state index contributed by atoms with van der Waals surface area (Å²) >= 11 is 5.88. The van der Waals surface area contributed by atoms with E-state index in [0.717, 1.165) is 12.8 Å². The Hall–Kier alpha value is -1.82. The van der Waals surface area contributed by atoms with Crippen molar-refractivity contribution >= 4 is 34.3 Å². The molecular weight excluding hydrogens is 256 g/mol. The van der Waals surface area contributed by atoms with Crippen LogP contribution in [0.2, 0.25) is 0 Å². The number of aromatic nitrogens is 2. The number of non-ortho nitro benzene ring substituents is 1. The number of alkyl halides is 1. The molecule has 1 aromatic carbocycles. The summed E-state index contributed by atoms with van der Waals surface area (Å²) in [6.45, 7) is 0. The molecule has 1 saturated carbocycles. The summed E-state index contributed by atoms with van der Waals surface area (Å²) < 4.78 is 0. The third-order valence-corrected chi connectivity index (χ3v) is 3.68. The van der Waals surface area contributed by atoms with E-state index in [1.54, 1.807) is 6.07 Å². The van der Waals surface area contributed by atoms with Crippen LogP contribution in [0.5, 0.6) is 0 Å². The summed E-state index contributed by atoms with van der Waals surface area (Å²) in [5.41, 5.74) is 1.35. The number of anilines is 1. The van der Waals surface area contributed by atoms with Crippen molar-refractivity contribution in [1.29, 1.82) is 0 Å². The molecule has 6 nitrogen and oxygen atoms in total. The zero-order valence-corrected chi connectivity index (χ0v) is 10.2. The number of hydrogen-bond acceptors (Lipinski definition) is 4. The van der Waals surface area contributed by atoms with E-state index >= 15 is 0 Å². The van der Waals surface area contributed by atoms with Gasteiger partial charge in [-0.1, -0.05) is 0 Å². The monoisotopic (exact) mass is 266 g/mol. The van der Waals surface area contributed by atoms with Gasteiger partial charge in [0.2, 0.25) is 5.95 Å². The standard InChI is InChI=1S/C11H11ClN4O2/c12-6-11(3-4-11)15-10-13-8-2-1-7(16(17)18)5-9(8)14-10/h1-2,5H,3-4,6H2,(H2,13,14,15). The Kier molecular flexibility index (Phi) is 2.41. The van der Waals surface area contributed by atoms with Gasteiger partial charge in [-0.25, -0.2) is 4.98 Å². The number of nitro groups is 1. The third-order valence-electron chi connectivity index (χ3n) is 3.17. The van der Waals surface area contributed by atoms with Crippen molar-refractivity contribution in [3.8, 4) is 0 Å². The molecule has 1 aliphatic carbocycles. The molecular formula is C11H11ClN4O2. The highest BCUT2D eigenvalue weighted by molar-refractivity contribution is 6.19. The molecule has 0 amide bonds. The number of nitrogens with zero attached hydrogens (tertiary/aromatic N) is 2. The number of rotatable bonds is 4. The fourth-order valence-electron chi connectivity index (χ4n) is 1.86. The summed E-state index contributed by atoms with van der Waals surface area (Å²) in [6, 6.07) is 4.56. The van der Waals surface area contributed by atoms with E-state index in [9.17, 15) is 10.1 Å². The van der Waals surface area contributed by atoms with E-state index < -0.39 is 4.92 Å². The van der Waals surface area contributed by atoms with Gasteiger partial charge < -0.3 is 10.3 Å². The second kappa shape index (κ2) is 3.84. The fourth-order valence-corrected chi connectivity index (χ4v) is 2.20. The largest absolute Gasteiger partial charge is 0.349 e. The summed E-state index contributed by atoms with van der Waals surface area (Å²) in [5, 5.41) is 13.9. The first kappa shape index (κ1) is 11.3. The van der Waals surface area contributed by atoms with Crippen molar-refractivity contribution in [1.82, 2.24) is 9.97 Å². The molecule has 94 valence electrons. The Morgan fingerprint density at radius 3 is 2.94 bits per heavy atom. The van der Waals surface area contributed by atoms with Gasteiger partial charge in [0, 0.05) is 18.0 Å². The van der Waals surface area contributed by atoms with Gasteiger partial charge >= 0.3 is 0 Å². The minimum absolute atomic E-state index is 0.0520. The van der Waals surface area contributed by atoms with Gasteiger partial charge in [0.1, 0.15) is 0 Å². The van der Waals surface area contributed by atoms with Crippen molar-refractivity contribution < 1.29 is 4.92 Å². The van der Waals surface area contributed by atoms with Crippen LogP contribution in [-0.4, -0.2) is 26.3 Å². The van der Waals surface area contributed by atoms with Crippen LogP contribution >= 0.6 is 11.6 Å². The topological polar surface area (TPSA) is 83.8 Å². The molecule has 1 heterocycles. The Bertz CT molecular complexity index is 621. The Labute approximate surface area is 108 Å². The fraction of sp³-hybridized carbons (Fsp3) is 0.364. The highest BCUT2D eigenvalue weighted by Crippen LogP contribution is 2.39. The molecule has 0 radical (unpaired) electrons. The SMILES string of the molecule is O=[N+]([O-])c1ccc2nc(NC3(CCl)CC3)[nH]c2c1. The van der Waals surface area contributed by atoms with E-state index in [1.165, 1.54) is 12.1 Å². The first-order valence-electron chi connectivity index (χ1n) is 5.60. The zero-order chi connectivity index (χ0) is 12.8. The van der Waals surface area contributed by atoms with E-state index in [1.807, 2.05) is 0 Å². The van der Waals surface area contributed by atoms with Crippen LogP contribution in [0.3, 0.4) is 0 Å². The van der Waals surface area contributed by atoms with Crippen LogP contribution in [0.4, 0.5) is 11.6 Å². The van der Waals surface area contributed by atoms with Crippen LogP contribution in [0.1, 0.15) is 12.8 Å². The van der Waals surface area contributed by atoms with Crippen LogP contribution in [0.25, 0.3) is 11.0 Å². The van der Waals surface area contributed by atoms with Gasteiger partial charge in [-0.2, -0.15) is 0 Å². The number of H-pyrrole nitrogens is 1. The van der Waals surface area contributed by atoms with E-state index in [2.05, 4.69) is 15.3 Å². The number of nitro benzene ring substituents is 1. The highest BCUT2D eigenvalue weighted by atomic mass is 35.5. The van der Waals surface area contributed by atoms with Crippen LogP contribution in [-0.2, 0) is 0 Å². The smallest absolute Gasteiger partial charge is 0.271 e. The van der Waals surface area contributed by atoms with Crippen molar-refractivity contribution in [3.05, 3.63) is 28.3 Å². The quantitative estimate of drug-likeness (QED) is 0.506. The zero-order valence-electron chi connectivity index (χ0n) is 9.44. The van der Waals surface area contributed by atoms with Gasteiger partial charge in [-0.3, -0.25) is 10.1 Å². The van der Waals surface area contributed by atoms with Gasteiger partial charge in [0.05, 0.1) is 21.5 Å². The first-order valence-corrected chi connectivity index (χ1v) is 6.14. The molecule has 2 aromatic rings. The van der Waals surface area contributed by atoms with Gasteiger partial charge in [-0.15, -0.1) is 11.6 Å². The maximum atomic E-state index is 10.7. The number of fused-ring (bicyclic) bond motifs is 1. The van der Waals surface area contributed by atoms with Crippen LogP contribution in [0.15, 0.2) is 18.2 Å². The number of aromatic amines is 1. The minimum atomic E-state index is -0.422. The van der Waals surface area contributed by atoms with Crippen molar-refractivity contribution in [3.63, 3.8) is 0 Å². The van der Waals surface area contributed by atoms with E-state index in [4.69, 9.17) is 11.6 Å². The van der Waals surface area contributed by atoms with Crippen LogP contribution in [0, 0.1) is 10.1 Å². The average Bonchev–Trinajstić information content (AvgIpc) is 3.00. The molecule has 3 rings (SSSR count). The Balaban J connectivity index is 1.93. The molecule has 1 aliphatic rings. The van der Waals surface area contributed by atoms with Gasteiger partial charge in [-0.05, 0) is 18.9 Å². The normalized spacial score (nSPS) is 16.7. The predicted molar refractivity (Wildman–Crippen MR) is 69.1 cm³/mol. The molecule has 0 saturated heterocycles. The lowest BCUT2D eigenvalue weighted by Gasteiger charge is -2.11. The molecule has 0 aliphatic heterocycles. The maximum absolute atomic E-state index is 10.7. The lowest BCUT2D eigenvalue weighted by atomic mass is 10.3. The molecule has 1 fully saturated rings. The lowest BCUT2D eigenvalue weighted by molar-refractivity contribution is -0.384. The second-order valence-corrected chi connectivity index (χ2v) is 4.85. The summed E-state index contributed by atoms with van der Waals surface area (Å²) in [5.74, 6) is 1.15. The molecule has 2 N–H and O–H groups in total. The lowest BCUT2D eigenvalue weighted by Crippen LogP contribution is -2.23. The number of hydrogen-bond donors (Lipinski definition) is 2. The molecule has 0 spiro atoms.